The third-order valence-corrected chi connectivity index (χ3v) is 6.70. The number of amides is 2. The van der Waals surface area contributed by atoms with Gasteiger partial charge in [-0.25, -0.2) is 14.5 Å². The first-order valence-corrected chi connectivity index (χ1v) is 12.3. The van der Waals surface area contributed by atoms with Crippen LogP contribution in [-0.4, -0.2) is 49.0 Å². The molecule has 0 aliphatic heterocycles. The van der Waals surface area contributed by atoms with E-state index in [-0.39, 0.29) is 17.0 Å². The van der Waals surface area contributed by atoms with Gasteiger partial charge in [0.2, 0.25) is 5.91 Å². The van der Waals surface area contributed by atoms with Crippen LogP contribution >= 0.6 is 11.6 Å². The number of halogens is 1. The molecule has 36 heavy (non-hydrogen) atoms. The number of anilines is 2. The Bertz CT molecular complexity index is 1250. The van der Waals surface area contributed by atoms with Crippen LogP contribution in [0.3, 0.4) is 0 Å². The lowest BCUT2D eigenvalue weighted by Crippen LogP contribution is -2.46. The van der Waals surface area contributed by atoms with E-state index in [9.17, 15) is 9.59 Å². The van der Waals surface area contributed by atoms with Crippen LogP contribution in [0, 0.1) is 5.92 Å². The lowest BCUT2D eigenvalue weighted by atomic mass is 9.79. The molecule has 0 saturated heterocycles. The molecule has 0 bridgehead atoms. The fourth-order valence-electron chi connectivity index (χ4n) is 4.13. The Morgan fingerprint density at radius 1 is 1.14 bits per heavy atom. The monoisotopic (exact) mass is 510 g/mol. The predicted octanol–water partition coefficient (Wildman–Crippen LogP) is 3.70. The maximum atomic E-state index is 12.6. The molecule has 2 fully saturated rings. The van der Waals surface area contributed by atoms with Gasteiger partial charge in [-0.15, -0.1) is 5.10 Å². The van der Waals surface area contributed by atoms with Gasteiger partial charge in [-0.05, 0) is 50.8 Å². The summed E-state index contributed by atoms with van der Waals surface area (Å²) in [6.45, 7) is 1.70. The molecule has 11 nitrogen and oxygen atoms in total. The minimum atomic E-state index is -0.701. The summed E-state index contributed by atoms with van der Waals surface area (Å²) in [7, 11) is 1.64. The van der Waals surface area contributed by atoms with Crippen LogP contribution in [0.2, 0.25) is 5.15 Å². The highest BCUT2D eigenvalue weighted by Crippen LogP contribution is 2.32. The minimum absolute atomic E-state index is 0.00541. The van der Waals surface area contributed by atoms with Gasteiger partial charge in [0.15, 0.2) is 11.5 Å². The van der Waals surface area contributed by atoms with Crippen LogP contribution in [0.25, 0.3) is 11.4 Å². The second-order valence-corrected chi connectivity index (χ2v) is 9.55. The fraction of sp³-hybridized carbons (Fsp3) is 0.417. The second-order valence-electron chi connectivity index (χ2n) is 9.19. The van der Waals surface area contributed by atoms with Crippen molar-refractivity contribution < 1.29 is 14.3 Å². The second kappa shape index (κ2) is 10.2. The summed E-state index contributed by atoms with van der Waals surface area (Å²) < 4.78 is 6.87. The van der Waals surface area contributed by atoms with E-state index in [1.54, 1.807) is 50.6 Å². The molecular formula is C24H27ClN8O3. The van der Waals surface area contributed by atoms with E-state index < -0.39 is 12.2 Å². The maximum absolute atomic E-state index is 12.6. The smallest absolute Gasteiger partial charge is 0.413 e. The number of aromatic nitrogens is 5. The molecule has 3 heterocycles. The van der Waals surface area contributed by atoms with Gasteiger partial charge in [0.05, 0.1) is 17.6 Å². The van der Waals surface area contributed by atoms with Crippen LogP contribution in [0.1, 0.15) is 44.3 Å². The number of pyridine rings is 2. The number of ether oxygens (including phenoxy) is 1. The average molecular weight is 511 g/mol. The number of rotatable bonds is 8. The Labute approximate surface area is 213 Å². The van der Waals surface area contributed by atoms with E-state index in [0.717, 1.165) is 12.8 Å². The summed E-state index contributed by atoms with van der Waals surface area (Å²) in [5.41, 5.74) is 2.04. The largest absolute Gasteiger partial charge is 0.441 e. The topological polar surface area (TPSA) is 136 Å². The number of aryl methyl sites for hydroxylation is 1. The molecule has 0 unspecified atom stereocenters. The van der Waals surface area contributed by atoms with Crippen LogP contribution in [-0.2, 0) is 16.6 Å². The summed E-state index contributed by atoms with van der Waals surface area (Å²) in [4.78, 5) is 33.5. The number of hydrogen-bond acceptors (Lipinski definition) is 8. The molecule has 0 radical (unpaired) electrons. The van der Waals surface area contributed by atoms with Crippen LogP contribution in [0.5, 0.6) is 0 Å². The molecule has 2 aliphatic carbocycles. The summed E-state index contributed by atoms with van der Waals surface area (Å²) in [6, 6.07) is 8.03. The van der Waals surface area contributed by atoms with Crippen molar-refractivity contribution in [3.05, 3.63) is 47.4 Å². The van der Waals surface area contributed by atoms with Crippen LogP contribution < -0.4 is 16.0 Å². The van der Waals surface area contributed by atoms with Gasteiger partial charge in [-0.2, -0.15) is 0 Å². The van der Waals surface area contributed by atoms with Crippen molar-refractivity contribution in [3.63, 3.8) is 0 Å². The molecule has 3 N–H and O–H groups in total. The molecule has 2 saturated carbocycles. The minimum Gasteiger partial charge on any atom is -0.441 e. The number of hydrogen-bond donors (Lipinski definition) is 3. The predicted molar refractivity (Wildman–Crippen MR) is 133 cm³/mol. The highest BCUT2D eigenvalue weighted by molar-refractivity contribution is 6.30. The quantitative estimate of drug-likeness (QED) is 0.390. The molecule has 5 rings (SSSR count). The summed E-state index contributed by atoms with van der Waals surface area (Å²) in [5.74, 6) is 0.343. The van der Waals surface area contributed by atoms with E-state index in [1.807, 2.05) is 0 Å². The molecule has 188 valence electrons. The van der Waals surface area contributed by atoms with Gasteiger partial charge < -0.3 is 15.4 Å². The highest BCUT2D eigenvalue weighted by Gasteiger charge is 2.37. The summed E-state index contributed by atoms with van der Waals surface area (Å²) in [5, 5.41) is 17.5. The van der Waals surface area contributed by atoms with Crippen molar-refractivity contribution >= 4 is 35.1 Å². The Balaban J connectivity index is 1.19. The third-order valence-electron chi connectivity index (χ3n) is 6.39. The van der Waals surface area contributed by atoms with E-state index >= 15 is 0 Å². The number of nitrogens with zero attached hydrogens (tertiary/aromatic N) is 5. The first-order valence-electron chi connectivity index (χ1n) is 11.9. The zero-order chi connectivity index (χ0) is 25.2. The SMILES string of the molecule is C[C@@H](OC(=O)Nc1c(-c2ccc(NC(=O)C3CC(NC4CC4)C3)cn2)nnn1C)c1cccnc1Cl. The molecule has 2 amide bonds. The molecule has 3 aromatic heterocycles. The fourth-order valence-corrected chi connectivity index (χ4v) is 4.40. The van der Waals surface area contributed by atoms with Crippen molar-refractivity contribution in [1.82, 2.24) is 30.3 Å². The molecule has 0 aromatic carbocycles. The van der Waals surface area contributed by atoms with E-state index in [1.165, 1.54) is 17.5 Å². The number of nitrogens with one attached hydrogen (secondary N) is 3. The van der Waals surface area contributed by atoms with Crippen molar-refractivity contribution in [3.8, 4) is 11.4 Å². The standard InChI is InChI=1S/C24H27ClN8O3/c1-13(18-4-3-9-26-21(18)25)36-24(35)30-22-20(31-32-33(22)2)19-8-7-16(12-27-19)29-23(34)14-10-17(11-14)28-15-5-6-15/h3-4,7-9,12-15,17,28H,5-6,10-11H2,1-2H3,(H,29,34)(H,30,35)/t13-,14?,17?/m1/s1. The van der Waals surface area contributed by atoms with Gasteiger partial charge in [0.1, 0.15) is 11.3 Å². The lowest BCUT2D eigenvalue weighted by molar-refractivity contribution is -0.122. The Kier molecular flexibility index (Phi) is 6.84. The molecular weight excluding hydrogens is 484 g/mol. The van der Waals surface area contributed by atoms with Crippen molar-refractivity contribution in [2.75, 3.05) is 10.6 Å². The average Bonchev–Trinajstić information content (AvgIpc) is 3.59. The van der Waals surface area contributed by atoms with Crippen molar-refractivity contribution in [2.24, 2.45) is 13.0 Å². The van der Waals surface area contributed by atoms with Crippen LogP contribution in [0.4, 0.5) is 16.3 Å². The first-order chi connectivity index (χ1) is 17.4. The Morgan fingerprint density at radius 2 is 1.94 bits per heavy atom. The van der Waals surface area contributed by atoms with Gasteiger partial charge in [0.25, 0.3) is 0 Å². The maximum Gasteiger partial charge on any atom is 0.413 e. The van der Waals surface area contributed by atoms with E-state index in [2.05, 4.69) is 36.2 Å². The molecule has 12 heteroatoms. The normalized spacial score (nSPS) is 19.8. The highest BCUT2D eigenvalue weighted by atomic mass is 35.5. The molecule has 2 aliphatic rings. The van der Waals surface area contributed by atoms with Gasteiger partial charge in [-0.3, -0.25) is 15.1 Å². The van der Waals surface area contributed by atoms with Crippen molar-refractivity contribution in [2.45, 2.75) is 50.8 Å². The van der Waals surface area contributed by atoms with Gasteiger partial charge in [-0.1, -0.05) is 22.9 Å². The zero-order valence-corrected chi connectivity index (χ0v) is 20.7. The zero-order valence-electron chi connectivity index (χ0n) is 19.9. The first kappa shape index (κ1) is 24.1. The Hall–Kier alpha value is -3.57. The van der Waals surface area contributed by atoms with E-state index in [0.29, 0.717) is 40.5 Å². The van der Waals surface area contributed by atoms with E-state index in [4.69, 9.17) is 16.3 Å². The molecule has 3 aromatic rings. The third kappa shape index (κ3) is 5.47. The molecule has 1 atom stereocenters. The Morgan fingerprint density at radius 3 is 2.64 bits per heavy atom. The van der Waals surface area contributed by atoms with Crippen molar-refractivity contribution in [1.29, 1.82) is 0 Å². The van der Waals surface area contributed by atoms with Gasteiger partial charge in [0, 0.05) is 36.8 Å². The lowest BCUT2D eigenvalue weighted by Gasteiger charge is -2.35. The van der Waals surface area contributed by atoms with Gasteiger partial charge >= 0.3 is 6.09 Å². The summed E-state index contributed by atoms with van der Waals surface area (Å²) in [6.07, 6.45) is 6.03. The van der Waals surface area contributed by atoms with Crippen LogP contribution in [0.15, 0.2) is 36.7 Å². The summed E-state index contributed by atoms with van der Waals surface area (Å²) >= 11 is 6.09. The number of carbonyl (C=O) groups excluding carboxylic acids is 2. The molecule has 0 spiro atoms. The number of carbonyl (C=O) groups is 2.